The van der Waals surface area contributed by atoms with Crippen LogP contribution in [0.4, 0.5) is 5.69 Å². The van der Waals surface area contributed by atoms with Gasteiger partial charge in [0.05, 0.1) is 18.5 Å². The van der Waals surface area contributed by atoms with E-state index >= 15 is 0 Å². The molecule has 7 heteroatoms. The maximum absolute atomic E-state index is 12.5. The monoisotopic (exact) mass is 394 g/mol. The normalized spacial score (nSPS) is 10.7. The lowest BCUT2D eigenvalue weighted by Crippen LogP contribution is -2.26. The molecule has 2 amide bonds. The Kier molecular flexibility index (Phi) is 6.84. The van der Waals surface area contributed by atoms with Gasteiger partial charge in [0.25, 0.3) is 5.91 Å². The van der Waals surface area contributed by atoms with Crippen LogP contribution < -0.4 is 15.4 Å². The third-order valence-electron chi connectivity index (χ3n) is 4.67. The third kappa shape index (κ3) is 5.13. The molecular formula is C22H26N4O3. The minimum Gasteiger partial charge on any atom is -0.495 e. The van der Waals surface area contributed by atoms with Crippen molar-refractivity contribution in [3.05, 3.63) is 60.0 Å². The van der Waals surface area contributed by atoms with E-state index in [1.54, 1.807) is 11.5 Å². The van der Waals surface area contributed by atoms with Crippen molar-refractivity contribution in [1.82, 2.24) is 14.7 Å². The first-order valence-corrected chi connectivity index (χ1v) is 9.75. The Balaban J connectivity index is 1.38. The van der Waals surface area contributed by atoms with E-state index in [0.717, 1.165) is 24.9 Å². The lowest BCUT2D eigenvalue weighted by atomic mass is 10.2. The van der Waals surface area contributed by atoms with Crippen LogP contribution in [0.3, 0.4) is 0 Å². The molecule has 0 aliphatic rings. The number of imidazole rings is 1. The van der Waals surface area contributed by atoms with Gasteiger partial charge in [0.1, 0.15) is 17.1 Å². The summed E-state index contributed by atoms with van der Waals surface area (Å²) in [4.78, 5) is 29.0. The van der Waals surface area contributed by atoms with Crippen molar-refractivity contribution in [2.45, 2.75) is 32.6 Å². The fourth-order valence-corrected chi connectivity index (χ4v) is 3.22. The average molecular weight is 394 g/mol. The van der Waals surface area contributed by atoms with Crippen LogP contribution in [0.5, 0.6) is 5.75 Å². The summed E-state index contributed by atoms with van der Waals surface area (Å²) in [6, 6.07) is 13.0. The Morgan fingerprint density at radius 1 is 1.07 bits per heavy atom. The number of unbranched alkanes of at least 4 members (excludes halogenated alkanes) is 2. The third-order valence-corrected chi connectivity index (χ3v) is 4.67. The lowest BCUT2D eigenvalue weighted by molar-refractivity contribution is -0.116. The number of methoxy groups -OCH3 is 1. The molecule has 0 bridgehead atoms. The Hall–Kier alpha value is -3.35. The number of benzene rings is 1. The van der Waals surface area contributed by atoms with Crippen LogP contribution >= 0.6 is 0 Å². The second-order valence-electron chi connectivity index (χ2n) is 6.79. The van der Waals surface area contributed by atoms with Crippen LogP contribution in [0.2, 0.25) is 0 Å². The number of fused-ring (bicyclic) bond motifs is 1. The van der Waals surface area contributed by atoms with Crippen molar-refractivity contribution < 1.29 is 14.3 Å². The minimum absolute atomic E-state index is 0.0418. The number of carbonyl (C=O) groups excluding carboxylic acids is 2. The van der Waals surface area contributed by atoms with Crippen LogP contribution in [0.25, 0.3) is 5.65 Å². The van der Waals surface area contributed by atoms with Crippen LogP contribution in [-0.2, 0) is 4.79 Å². The number of hydrogen-bond donors (Lipinski definition) is 2. The number of ether oxygens (including phenoxy) is 1. The molecule has 0 saturated carbocycles. The summed E-state index contributed by atoms with van der Waals surface area (Å²) in [5, 5.41) is 5.81. The van der Waals surface area contributed by atoms with E-state index in [1.165, 1.54) is 0 Å². The van der Waals surface area contributed by atoms with Crippen molar-refractivity contribution in [3.8, 4) is 5.75 Å². The maximum Gasteiger partial charge on any atom is 0.270 e. The van der Waals surface area contributed by atoms with Gasteiger partial charge in [0.15, 0.2) is 0 Å². The molecule has 0 spiro atoms. The zero-order chi connectivity index (χ0) is 20.6. The molecule has 3 rings (SSSR count). The molecule has 0 aliphatic carbocycles. The SMILES string of the molecule is COc1ccccc1NC(=O)CCCCCNC(=O)c1c(C)nc2ccccn12. The summed E-state index contributed by atoms with van der Waals surface area (Å²) >= 11 is 0. The van der Waals surface area contributed by atoms with E-state index < -0.39 is 0 Å². The number of nitrogens with zero attached hydrogens (tertiary/aromatic N) is 2. The Morgan fingerprint density at radius 2 is 1.86 bits per heavy atom. The van der Waals surface area contributed by atoms with Crippen LogP contribution in [0.1, 0.15) is 41.9 Å². The predicted octanol–water partition coefficient (Wildman–Crippen LogP) is 3.58. The number of rotatable bonds is 9. The molecule has 0 fully saturated rings. The van der Waals surface area contributed by atoms with Gasteiger partial charge >= 0.3 is 0 Å². The van der Waals surface area contributed by atoms with Gasteiger partial charge in [-0.25, -0.2) is 4.98 Å². The van der Waals surface area contributed by atoms with E-state index in [2.05, 4.69) is 15.6 Å². The molecule has 0 aliphatic heterocycles. The minimum atomic E-state index is -0.130. The quantitative estimate of drug-likeness (QED) is 0.543. The summed E-state index contributed by atoms with van der Waals surface area (Å²) in [5.41, 5.74) is 2.71. The number of para-hydroxylation sites is 2. The van der Waals surface area contributed by atoms with Crippen molar-refractivity contribution in [2.75, 3.05) is 19.0 Å². The average Bonchev–Trinajstić information content (AvgIpc) is 3.06. The van der Waals surface area contributed by atoms with Crippen LogP contribution in [-0.4, -0.2) is 34.9 Å². The highest BCUT2D eigenvalue weighted by atomic mass is 16.5. The van der Waals surface area contributed by atoms with Gasteiger partial charge in [-0.2, -0.15) is 0 Å². The van der Waals surface area contributed by atoms with E-state index in [9.17, 15) is 9.59 Å². The Morgan fingerprint density at radius 3 is 2.69 bits per heavy atom. The predicted molar refractivity (Wildman–Crippen MR) is 112 cm³/mol. The molecule has 0 radical (unpaired) electrons. The number of aromatic nitrogens is 2. The van der Waals surface area contributed by atoms with E-state index in [1.807, 2.05) is 55.6 Å². The summed E-state index contributed by atoms with van der Waals surface area (Å²) in [6.45, 7) is 2.40. The summed E-state index contributed by atoms with van der Waals surface area (Å²) in [6.07, 6.45) is 4.68. The Bertz CT molecular complexity index is 997. The smallest absolute Gasteiger partial charge is 0.270 e. The van der Waals surface area contributed by atoms with Crippen LogP contribution in [0, 0.1) is 6.92 Å². The molecule has 0 unspecified atom stereocenters. The second kappa shape index (κ2) is 9.73. The number of pyridine rings is 1. The van der Waals surface area contributed by atoms with Gasteiger partial charge in [0.2, 0.25) is 5.91 Å². The highest BCUT2D eigenvalue weighted by Gasteiger charge is 2.15. The van der Waals surface area contributed by atoms with Gasteiger partial charge in [-0.1, -0.05) is 24.6 Å². The van der Waals surface area contributed by atoms with Crippen molar-refractivity contribution in [3.63, 3.8) is 0 Å². The lowest BCUT2D eigenvalue weighted by Gasteiger charge is -2.10. The molecule has 0 saturated heterocycles. The fourth-order valence-electron chi connectivity index (χ4n) is 3.22. The molecule has 2 aromatic heterocycles. The van der Waals surface area contributed by atoms with Crippen LogP contribution in [0.15, 0.2) is 48.7 Å². The molecule has 152 valence electrons. The number of anilines is 1. The first kappa shape index (κ1) is 20.4. The zero-order valence-corrected chi connectivity index (χ0v) is 16.8. The molecule has 2 N–H and O–H groups in total. The molecule has 3 aromatic rings. The summed E-state index contributed by atoms with van der Waals surface area (Å²) in [5.74, 6) is 0.473. The topological polar surface area (TPSA) is 84.7 Å². The number of nitrogens with one attached hydrogen (secondary N) is 2. The highest BCUT2D eigenvalue weighted by Crippen LogP contribution is 2.23. The fraction of sp³-hybridized carbons (Fsp3) is 0.318. The molecule has 7 nitrogen and oxygen atoms in total. The van der Waals surface area contributed by atoms with Gasteiger partial charge < -0.3 is 15.4 Å². The second-order valence-corrected chi connectivity index (χ2v) is 6.79. The number of carbonyl (C=O) groups is 2. The van der Waals surface area contributed by atoms with Gasteiger partial charge in [-0.05, 0) is 44.0 Å². The molecule has 2 heterocycles. The zero-order valence-electron chi connectivity index (χ0n) is 16.8. The molecular weight excluding hydrogens is 368 g/mol. The first-order chi connectivity index (χ1) is 14.1. The van der Waals surface area contributed by atoms with Gasteiger partial charge in [0, 0.05) is 19.2 Å². The molecule has 29 heavy (non-hydrogen) atoms. The molecule has 0 atom stereocenters. The number of amides is 2. The van der Waals surface area contributed by atoms with Crippen molar-refractivity contribution >= 4 is 23.1 Å². The summed E-state index contributed by atoms with van der Waals surface area (Å²) in [7, 11) is 1.58. The van der Waals surface area contributed by atoms with Gasteiger partial charge in [-0.15, -0.1) is 0 Å². The van der Waals surface area contributed by atoms with E-state index in [4.69, 9.17) is 4.74 Å². The number of hydrogen-bond acceptors (Lipinski definition) is 4. The maximum atomic E-state index is 12.5. The van der Waals surface area contributed by atoms with Crippen molar-refractivity contribution in [1.29, 1.82) is 0 Å². The Labute approximate surface area is 170 Å². The highest BCUT2D eigenvalue weighted by molar-refractivity contribution is 5.94. The first-order valence-electron chi connectivity index (χ1n) is 9.75. The standard InChI is InChI=1S/C22H26N4O3/c1-16-21(26-15-9-7-12-19(26)24-16)22(28)23-14-8-3-4-13-20(27)25-17-10-5-6-11-18(17)29-2/h5-7,9-12,15H,3-4,8,13-14H2,1-2H3,(H,23,28)(H,25,27). The van der Waals surface area contributed by atoms with Crippen molar-refractivity contribution in [2.24, 2.45) is 0 Å². The van der Waals surface area contributed by atoms with E-state index in [-0.39, 0.29) is 11.8 Å². The van der Waals surface area contributed by atoms with Gasteiger partial charge in [-0.3, -0.25) is 14.0 Å². The summed E-state index contributed by atoms with van der Waals surface area (Å²) < 4.78 is 7.03. The van der Waals surface area contributed by atoms with E-state index in [0.29, 0.717) is 35.8 Å². The largest absolute Gasteiger partial charge is 0.495 e. The molecule has 1 aromatic carbocycles. The number of aryl methyl sites for hydroxylation is 1.